The summed E-state index contributed by atoms with van der Waals surface area (Å²) in [4.78, 5) is 24.2. The van der Waals surface area contributed by atoms with Gasteiger partial charge in [0.15, 0.2) is 0 Å². The van der Waals surface area contributed by atoms with Gasteiger partial charge in [-0.15, -0.1) is 0 Å². The van der Waals surface area contributed by atoms with Crippen molar-refractivity contribution in [1.82, 2.24) is 5.32 Å². The van der Waals surface area contributed by atoms with Gasteiger partial charge >= 0.3 is 5.97 Å². The van der Waals surface area contributed by atoms with E-state index < -0.39 is 5.97 Å². The molecule has 2 N–H and O–H groups in total. The zero-order valence-corrected chi connectivity index (χ0v) is 17.6. The molecule has 2 aromatic carbocycles. The minimum Gasteiger partial charge on any atom is -0.481 e. The average Bonchev–Trinajstić information content (AvgIpc) is 2.72. The molecule has 0 saturated heterocycles. The Morgan fingerprint density at radius 2 is 1.57 bits per heavy atom. The van der Waals surface area contributed by atoms with Crippen molar-refractivity contribution in [3.8, 4) is 0 Å². The predicted molar refractivity (Wildman–Crippen MR) is 115 cm³/mol. The third-order valence-electron chi connectivity index (χ3n) is 6.04. The number of carbonyl (C=O) groups is 2. The molecule has 1 aliphatic carbocycles. The normalized spacial score (nSPS) is 16.6. The summed E-state index contributed by atoms with van der Waals surface area (Å²) in [7, 11) is 0. The number of carbonyl (C=O) groups excluding carboxylic acids is 1. The Bertz CT molecular complexity index is 816. The van der Waals surface area contributed by atoms with Crippen LogP contribution in [0.2, 0.25) is 5.02 Å². The van der Waals surface area contributed by atoms with Gasteiger partial charge in [-0.3, -0.25) is 9.59 Å². The summed E-state index contributed by atoms with van der Waals surface area (Å²) in [6.07, 6.45) is 5.00. The topological polar surface area (TPSA) is 66.4 Å². The summed E-state index contributed by atoms with van der Waals surface area (Å²) in [6, 6.07) is 13.4. The van der Waals surface area contributed by atoms with Gasteiger partial charge in [-0.25, -0.2) is 4.39 Å². The zero-order valence-electron chi connectivity index (χ0n) is 16.9. The smallest absolute Gasteiger partial charge is 0.303 e. The second-order valence-electron chi connectivity index (χ2n) is 8.27. The van der Waals surface area contributed by atoms with Crippen LogP contribution in [-0.4, -0.2) is 23.5 Å². The Morgan fingerprint density at radius 3 is 2.13 bits per heavy atom. The van der Waals surface area contributed by atoms with Gasteiger partial charge in [0.05, 0.1) is 6.42 Å². The Kier molecular flexibility index (Phi) is 7.48. The van der Waals surface area contributed by atoms with Gasteiger partial charge in [-0.1, -0.05) is 55.1 Å². The highest BCUT2D eigenvalue weighted by Gasteiger charge is 2.35. The summed E-state index contributed by atoms with van der Waals surface area (Å²) >= 11 is 6.00. The lowest BCUT2D eigenvalue weighted by atomic mass is 9.71. The number of benzene rings is 2. The van der Waals surface area contributed by atoms with E-state index in [0.29, 0.717) is 11.6 Å². The molecule has 1 atom stereocenters. The lowest BCUT2D eigenvalue weighted by Gasteiger charge is -2.36. The van der Waals surface area contributed by atoms with E-state index in [9.17, 15) is 19.1 Å². The highest BCUT2D eigenvalue weighted by molar-refractivity contribution is 6.30. The minimum absolute atomic E-state index is 0.0753. The van der Waals surface area contributed by atoms with Crippen LogP contribution in [0.4, 0.5) is 4.39 Å². The highest BCUT2D eigenvalue weighted by Crippen LogP contribution is 2.39. The fraction of sp³-hybridized carbons (Fsp3) is 0.417. The van der Waals surface area contributed by atoms with Gasteiger partial charge in [0.1, 0.15) is 5.82 Å². The maximum Gasteiger partial charge on any atom is 0.303 e. The zero-order chi connectivity index (χ0) is 21.6. The molecular formula is C24H27ClFNO3. The monoisotopic (exact) mass is 431 g/mol. The number of hydrogen-bond acceptors (Lipinski definition) is 2. The molecule has 6 heteroatoms. The van der Waals surface area contributed by atoms with Crippen molar-refractivity contribution in [3.63, 3.8) is 0 Å². The van der Waals surface area contributed by atoms with E-state index in [-0.39, 0.29) is 35.9 Å². The molecule has 1 amide bonds. The number of aliphatic carboxylic acids is 1. The van der Waals surface area contributed by atoms with Crippen LogP contribution in [0.1, 0.15) is 62.0 Å². The molecule has 1 saturated carbocycles. The fourth-order valence-corrected chi connectivity index (χ4v) is 4.53. The van der Waals surface area contributed by atoms with Crippen molar-refractivity contribution in [1.29, 1.82) is 0 Å². The quantitative estimate of drug-likeness (QED) is 0.576. The maximum absolute atomic E-state index is 13.4. The van der Waals surface area contributed by atoms with Gasteiger partial charge in [-0.2, -0.15) is 0 Å². The van der Waals surface area contributed by atoms with Crippen molar-refractivity contribution < 1.29 is 19.1 Å². The van der Waals surface area contributed by atoms with E-state index in [4.69, 9.17) is 11.6 Å². The van der Waals surface area contributed by atoms with E-state index in [2.05, 4.69) is 5.32 Å². The molecule has 0 unspecified atom stereocenters. The van der Waals surface area contributed by atoms with Crippen LogP contribution in [0, 0.1) is 11.2 Å². The molecule has 3 rings (SSSR count). The summed E-state index contributed by atoms with van der Waals surface area (Å²) in [5, 5.41) is 12.9. The van der Waals surface area contributed by atoms with Crippen molar-refractivity contribution in [2.24, 2.45) is 5.41 Å². The van der Waals surface area contributed by atoms with Crippen molar-refractivity contribution in [2.75, 3.05) is 6.54 Å². The molecule has 1 aliphatic rings. The molecule has 30 heavy (non-hydrogen) atoms. The van der Waals surface area contributed by atoms with Crippen LogP contribution in [0.5, 0.6) is 0 Å². The number of nitrogens with one attached hydrogen (secondary N) is 1. The van der Waals surface area contributed by atoms with Gasteiger partial charge in [0, 0.05) is 23.9 Å². The van der Waals surface area contributed by atoms with Crippen molar-refractivity contribution >= 4 is 23.5 Å². The Labute approximate surface area is 181 Å². The standard InChI is InChI=1S/C24H27ClFNO3/c25-19-8-4-17(5-9-19)21(18-6-10-20(26)11-7-18)14-22(28)27-16-24(15-23(29)30)12-2-1-3-13-24/h4-11,21H,1-3,12-16H2,(H,27,28)(H,29,30)/t21-/m0/s1. The van der Waals surface area contributed by atoms with E-state index in [1.165, 1.54) is 12.1 Å². The average molecular weight is 432 g/mol. The summed E-state index contributed by atoms with van der Waals surface area (Å²) in [5.41, 5.74) is 1.39. The summed E-state index contributed by atoms with van der Waals surface area (Å²) in [6.45, 7) is 0.370. The lowest BCUT2D eigenvalue weighted by molar-refractivity contribution is -0.140. The lowest BCUT2D eigenvalue weighted by Crippen LogP contribution is -2.40. The van der Waals surface area contributed by atoms with Gasteiger partial charge in [-0.05, 0) is 53.6 Å². The predicted octanol–water partition coefficient (Wildman–Crippen LogP) is 5.54. The number of halogens is 2. The van der Waals surface area contributed by atoms with Gasteiger partial charge in [0.2, 0.25) is 5.91 Å². The van der Waals surface area contributed by atoms with Crippen molar-refractivity contribution in [3.05, 3.63) is 70.5 Å². The van der Waals surface area contributed by atoms with E-state index in [1.807, 2.05) is 12.1 Å². The molecule has 0 bridgehead atoms. The minimum atomic E-state index is -0.823. The number of carboxylic acid groups (broad SMARTS) is 1. The third-order valence-corrected chi connectivity index (χ3v) is 6.29. The van der Waals surface area contributed by atoms with Crippen molar-refractivity contribution in [2.45, 2.75) is 50.9 Å². The van der Waals surface area contributed by atoms with Gasteiger partial charge < -0.3 is 10.4 Å². The number of carboxylic acids is 1. The first-order chi connectivity index (χ1) is 14.4. The number of amides is 1. The Morgan fingerprint density at radius 1 is 1.00 bits per heavy atom. The second-order valence-corrected chi connectivity index (χ2v) is 8.70. The van der Waals surface area contributed by atoms with Crippen LogP contribution in [0.15, 0.2) is 48.5 Å². The first-order valence-corrected chi connectivity index (χ1v) is 10.7. The van der Waals surface area contributed by atoms with Gasteiger partial charge in [0.25, 0.3) is 0 Å². The Balaban J connectivity index is 1.73. The van der Waals surface area contributed by atoms with E-state index in [0.717, 1.165) is 43.2 Å². The second kappa shape index (κ2) is 10.1. The Hall–Kier alpha value is -2.40. The largest absolute Gasteiger partial charge is 0.481 e. The molecule has 0 heterocycles. The fourth-order valence-electron chi connectivity index (χ4n) is 4.40. The van der Waals surface area contributed by atoms with Crippen LogP contribution in [0.25, 0.3) is 0 Å². The van der Waals surface area contributed by atoms with Crippen LogP contribution >= 0.6 is 11.6 Å². The third kappa shape index (κ3) is 6.05. The highest BCUT2D eigenvalue weighted by atomic mass is 35.5. The van der Waals surface area contributed by atoms with E-state index >= 15 is 0 Å². The number of hydrogen-bond donors (Lipinski definition) is 2. The molecule has 1 fully saturated rings. The van der Waals surface area contributed by atoms with Crippen LogP contribution in [0.3, 0.4) is 0 Å². The SMILES string of the molecule is O=C(O)CC1(CNC(=O)C[C@H](c2ccc(F)cc2)c2ccc(Cl)cc2)CCCCC1. The molecule has 2 aromatic rings. The molecule has 0 aromatic heterocycles. The number of rotatable bonds is 8. The van der Waals surface area contributed by atoms with E-state index in [1.54, 1.807) is 24.3 Å². The maximum atomic E-state index is 13.4. The molecule has 0 aliphatic heterocycles. The summed E-state index contributed by atoms with van der Waals surface area (Å²) in [5.74, 6) is -1.54. The summed E-state index contributed by atoms with van der Waals surface area (Å²) < 4.78 is 13.4. The van der Waals surface area contributed by atoms with Crippen LogP contribution < -0.4 is 5.32 Å². The van der Waals surface area contributed by atoms with Crippen LogP contribution in [-0.2, 0) is 9.59 Å². The molecular weight excluding hydrogens is 405 g/mol. The first-order valence-electron chi connectivity index (χ1n) is 10.4. The first kappa shape index (κ1) is 22.3. The molecule has 4 nitrogen and oxygen atoms in total. The molecule has 0 spiro atoms. The molecule has 160 valence electrons. The molecule has 0 radical (unpaired) electrons.